The fourth-order valence-corrected chi connectivity index (χ4v) is 7.31. The van der Waals surface area contributed by atoms with Gasteiger partial charge in [-0.2, -0.15) is 10.2 Å². The number of pyridine rings is 2. The summed E-state index contributed by atoms with van der Waals surface area (Å²) >= 11 is 0. The second-order valence-corrected chi connectivity index (χ2v) is 17.5. The van der Waals surface area contributed by atoms with Gasteiger partial charge < -0.3 is 37.3 Å². The van der Waals surface area contributed by atoms with Gasteiger partial charge in [-0.15, -0.1) is 0 Å². The van der Waals surface area contributed by atoms with Crippen LogP contribution in [0.4, 0.5) is 23.0 Å². The summed E-state index contributed by atoms with van der Waals surface area (Å²) in [5, 5.41) is 30.5. The van der Waals surface area contributed by atoms with Crippen LogP contribution in [0.2, 0.25) is 0 Å². The molecule has 0 spiro atoms. The van der Waals surface area contributed by atoms with Crippen LogP contribution in [-0.4, -0.2) is 71.1 Å². The number of aliphatic hydroxyl groups excluding tert-OH is 2. The summed E-state index contributed by atoms with van der Waals surface area (Å²) in [6, 6.07) is 31.0. The van der Waals surface area contributed by atoms with E-state index in [9.17, 15) is 15.0 Å². The van der Waals surface area contributed by atoms with Gasteiger partial charge in [0.2, 0.25) is 0 Å². The maximum atomic E-state index is 10.7. The summed E-state index contributed by atoms with van der Waals surface area (Å²) < 4.78 is 5.57. The van der Waals surface area contributed by atoms with Crippen molar-refractivity contribution in [1.29, 1.82) is 0 Å². The quantitative estimate of drug-likeness (QED) is 0.0596. The van der Waals surface area contributed by atoms with E-state index in [1.54, 1.807) is 40.5 Å². The van der Waals surface area contributed by atoms with E-state index in [1.807, 2.05) is 78.9 Å². The number of nitrogens with zero attached hydrogens (tertiary/aromatic N) is 10. The van der Waals surface area contributed by atoms with Crippen molar-refractivity contribution in [2.45, 2.75) is 65.8 Å². The van der Waals surface area contributed by atoms with Gasteiger partial charge in [0.05, 0.1) is 47.0 Å². The zero-order valence-corrected chi connectivity index (χ0v) is 38.2. The zero-order chi connectivity index (χ0) is 47.9. The monoisotopic (exact) mass is 898 g/mol. The van der Waals surface area contributed by atoms with Gasteiger partial charge in [-0.3, -0.25) is 4.79 Å². The molecule has 0 amide bonds. The van der Waals surface area contributed by atoms with Gasteiger partial charge in [0.1, 0.15) is 42.8 Å². The first-order valence-corrected chi connectivity index (χ1v) is 21.3. The van der Waals surface area contributed by atoms with Crippen LogP contribution in [0.3, 0.4) is 0 Å². The molecule has 0 aliphatic heterocycles. The fourth-order valence-electron chi connectivity index (χ4n) is 7.31. The highest BCUT2D eigenvalue weighted by Crippen LogP contribution is 2.36. The standard InChI is InChI=1S/C25H25N7O.C16H22N4O.C9H7N3O/c1-25(2,3)32-22-9-8-16(17-10-18(13-33)23(26)28-12-17)11-20(22)30-24(32)19-6-4-5-7-21(19)31-15-27-14-29-31;1-16(2,3)20-14-5-4-10(7-13(14)17)11-6-12(9-21)15(18)19-8-11;13-5-8-3-1-2-4-9(8)12-7-10-6-11-12/h4-12,14-15,33H,13H2,1-3H3,(H2,26,28);4-8,20-21H,9,17H2,1-3H3,(H2,18,19);1-7H. The number of carbonyl (C=O) groups is 1. The topological polar surface area (TPSA) is 253 Å². The molecule has 0 radical (unpaired) electrons. The Morgan fingerprint density at radius 1 is 0.657 bits per heavy atom. The molecule has 5 aromatic heterocycles. The minimum absolute atomic E-state index is 0.0531. The number of hydrogen-bond donors (Lipinski definition) is 6. The predicted molar refractivity (Wildman–Crippen MR) is 263 cm³/mol. The molecule has 0 atom stereocenters. The Bertz CT molecular complexity index is 3110. The van der Waals surface area contributed by atoms with Crippen LogP contribution in [0.15, 0.2) is 135 Å². The van der Waals surface area contributed by atoms with Crippen LogP contribution >= 0.6 is 0 Å². The van der Waals surface area contributed by atoms with Crippen LogP contribution in [0.25, 0.3) is 56.0 Å². The van der Waals surface area contributed by atoms with Gasteiger partial charge in [-0.05, 0) is 113 Å². The molecule has 17 nitrogen and oxygen atoms in total. The highest BCUT2D eigenvalue weighted by atomic mass is 16.3. The highest BCUT2D eigenvalue weighted by molar-refractivity contribution is 5.87. The number of imidazole rings is 1. The number of anilines is 4. The third kappa shape index (κ3) is 10.8. The molecule has 9 aromatic rings. The summed E-state index contributed by atoms with van der Waals surface area (Å²) in [5.41, 5.74) is 29.0. The number of nitrogens with one attached hydrogen (secondary N) is 1. The molecule has 0 aliphatic carbocycles. The number of para-hydroxylation sites is 2. The highest BCUT2D eigenvalue weighted by Gasteiger charge is 2.25. The molecular formula is C50H54N14O3. The number of aliphatic hydroxyl groups is 2. The number of aldehydes is 1. The van der Waals surface area contributed by atoms with E-state index >= 15 is 0 Å². The number of carbonyl (C=O) groups excluding carboxylic acids is 1. The lowest BCUT2D eigenvalue weighted by Gasteiger charge is -2.25. The molecule has 67 heavy (non-hydrogen) atoms. The molecular weight excluding hydrogens is 845 g/mol. The summed E-state index contributed by atoms with van der Waals surface area (Å²) in [4.78, 5) is 32.0. The Kier molecular flexibility index (Phi) is 13.8. The predicted octanol–water partition coefficient (Wildman–Crippen LogP) is 7.87. The minimum atomic E-state index is -0.214. The van der Waals surface area contributed by atoms with Crippen LogP contribution in [0.5, 0.6) is 0 Å². The summed E-state index contributed by atoms with van der Waals surface area (Å²) in [6.07, 6.45) is 10.4. The largest absolute Gasteiger partial charge is 0.397 e. The lowest BCUT2D eigenvalue weighted by atomic mass is 10.0. The fraction of sp³-hybridized carbons (Fsp3) is 0.200. The number of nitrogen functional groups attached to an aromatic ring is 3. The van der Waals surface area contributed by atoms with Gasteiger partial charge in [0, 0.05) is 56.9 Å². The molecule has 0 saturated heterocycles. The number of nitrogens with two attached hydrogens (primary N) is 3. The van der Waals surface area contributed by atoms with Gasteiger partial charge in [-0.25, -0.2) is 34.3 Å². The third-order valence-electron chi connectivity index (χ3n) is 10.4. The maximum Gasteiger partial charge on any atom is 0.152 e. The van der Waals surface area contributed by atoms with E-state index in [1.165, 1.54) is 12.7 Å². The van der Waals surface area contributed by atoms with Crippen molar-refractivity contribution in [2.75, 3.05) is 22.5 Å². The normalized spacial score (nSPS) is 11.3. The van der Waals surface area contributed by atoms with Crippen LogP contribution < -0.4 is 22.5 Å². The molecule has 9 rings (SSSR count). The first-order valence-electron chi connectivity index (χ1n) is 21.3. The van der Waals surface area contributed by atoms with Crippen molar-refractivity contribution in [2.24, 2.45) is 0 Å². The maximum absolute atomic E-state index is 10.7. The molecule has 0 fully saturated rings. The smallest absolute Gasteiger partial charge is 0.152 e. The molecule has 342 valence electrons. The second kappa shape index (κ2) is 19.9. The third-order valence-corrected chi connectivity index (χ3v) is 10.4. The van der Waals surface area contributed by atoms with Crippen molar-refractivity contribution in [3.05, 3.63) is 151 Å². The number of hydrogen-bond acceptors (Lipinski definition) is 14. The van der Waals surface area contributed by atoms with Crippen LogP contribution in [0, 0.1) is 0 Å². The number of fused-ring (bicyclic) bond motifs is 1. The first kappa shape index (κ1) is 46.7. The average molecular weight is 899 g/mol. The van der Waals surface area contributed by atoms with Crippen molar-refractivity contribution < 1.29 is 15.0 Å². The molecule has 9 N–H and O–H groups in total. The summed E-state index contributed by atoms with van der Waals surface area (Å²) in [5.74, 6) is 1.54. The van der Waals surface area contributed by atoms with Gasteiger partial charge in [0.25, 0.3) is 0 Å². The minimum Gasteiger partial charge on any atom is -0.397 e. The summed E-state index contributed by atoms with van der Waals surface area (Å²) in [6.45, 7) is 12.5. The Balaban J connectivity index is 0.000000167. The molecule has 0 saturated carbocycles. The van der Waals surface area contributed by atoms with Crippen LogP contribution in [0.1, 0.15) is 63.0 Å². The van der Waals surface area contributed by atoms with Gasteiger partial charge in [0.15, 0.2) is 6.29 Å². The van der Waals surface area contributed by atoms with E-state index in [2.05, 4.69) is 93.7 Å². The first-order chi connectivity index (χ1) is 32.1. The Hall–Kier alpha value is -8.28. The number of aromatic nitrogens is 10. The lowest BCUT2D eigenvalue weighted by Crippen LogP contribution is -2.26. The SMILES string of the molecule is CC(C)(C)Nc1ccc(-c2cnc(N)c(CO)c2)cc1N.CC(C)(C)n1c(-c2ccccc2-n2cncn2)nc2cc(-c3cnc(N)c(CO)c3)ccc21.O=Cc1ccccc1-n1cncn1. The molecule has 0 unspecified atom stereocenters. The molecule has 4 aromatic carbocycles. The summed E-state index contributed by atoms with van der Waals surface area (Å²) in [7, 11) is 0. The van der Waals surface area contributed by atoms with Crippen molar-refractivity contribution in [3.63, 3.8) is 0 Å². The van der Waals surface area contributed by atoms with E-state index in [4.69, 9.17) is 22.2 Å². The van der Waals surface area contributed by atoms with E-state index in [0.717, 1.165) is 68.0 Å². The van der Waals surface area contributed by atoms with E-state index in [-0.39, 0.29) is 24.3 Å². The lowest BCUT2D eigenvalue weighted by molar-refractivity contribution is 0.112. The van der Waals surface area contributed by atoms with Crippen molar-refractivity contribution >= 4 is 40.3 Å². The van der Waals surface area contributed by atoms with Gasteiger partial charge in [-0.1, -0.05) is 36.4 Å². The number of benzene rings is 4. The van der Waals surface area contributed by atoms with Crippen LogP contribution in [-0.2, 0) is 18.8 Å². The molecule has 17 heteroatoms. The van der Waals surface area contributed by atoms with Crippen molar-refractivity contribution in [3.8, 4) is 45.0 Å². The van der Waals surface area contributed by atoms with E-state index < -0.39 is 0 Å². The Morgan fingerprint density at radius 2 is 1.21 bits per heavy atom. The Morgan fingerprint density at radius 3 is 1.75 bits per heavy atom. The Labute approximate surface area is 388 Å². The number of rotatable bonds is 9. The molecule has 0 bridgehead atoms. The molecule has 5 heterocycles. The average Bonchev–Trinajstić information content (AvgIpc) is 4.13. The second-order valence-electron chi connectivity index (χ2n) is 17.5. The zero-order valence-electron chi connectivity index (χ0n) is 38.2. The van der Waals surface area contributed by atoms with Crippen molar-refractivity contribution in [1.82, 2.24) is 49.0 Å². The molecule has 0 aliphatic rings. The van der Waals surface area contributed by atoms with E-state index in [0.29, 0.717) is 34.0 Å². The van der Waals surface area contributed by atoms with Gasteiger partial charge >= 0.3 is 0 Å².